The summed E-state index contributed by atoms with van der Waals surface area (Å²) in [6.45, 7) is 2.04. The number of amides is 1. The SMILES string of the molecule is C[C@@H](CCc1ccccc1)NC(=O)CSc1nc(-c2ccccc2)c2cc(Cl)ccc2n1. The van der Waals surface area contributed by atoms with Crippen LogP contribution in [0.1, 0.15) is 18.9 Å². The molecule has 0 fully saturated rings. The van der Waals surface area contributed by atoms with Gasteiger partial charge in [-0.25, -0.2) is 9.97 Å². The van der Waals surface area contributed by atoms with Gasteiger partial charge in [-0.15, -0.1) is 0 Å². The van der Waals surface area contributed by atoms with Crippen molar-refractivity contribution in [3.63, 3.8) is 0 Å². The van der Waals surface area contributed by atoms with Gasteiger partial charge in [0.25, 0.3) is 0 Å². The molecule has 1 amide bonds. The van der Waals surface area contributed by atoms with Gasteiger partial charge in [0.05, 0.1) is 17.0 Å². The van der Waals surface area contributed by atoms with Gasteiger partial charge in [0.1, 0.15) is 0 Å². The van der Waals surface area contributed by atoms with E-state index in [-0.39, 0.29) is 17.7 Å². The number of hydrogen-bond donors (Lipinski definition) is 1. The maximum atomic E-state index is 12.5. The van der Waals surface area contributed by atoms with Gasteiger partial charge in [-0.05, 0) is 43.5 Å². The third kappa shape index (κ3) is 5.87. The zero-order valence-electron chi connectivity index (χ0n) is 17.8. The highest BCUT2D eigenvalue weighted by Crippen LogP contribution is 2.30. The fraction of sp³-hybridized carbons (Fsp3) is 0.192. The minimum absolute atomic E-state index is 0.0170. The van der Waals surface area contributed by atoms with Crippen molar-refractivity contribution >= 4 is 40.2 Å². The highest BCUT2D eigenvalue weighted by atomic mass is 35.5. The highest BCUT2D eigenvalue weighted by molar-refractivity contribution is 7.99. The van der Waals surface area contributed by atoms with Crippen molar-refractivity contribution in [1.82, 2.24) is 15.3 Å². The lowest BCUT2D eigenvalue weighted by atomic mass is 10.1. The summed E-state index contributed by atoms with van der Waals surface area (Å²) in [5.74, 6) is 0.250. The molecule has 1 aromatic heterocycles. The second kappa shape index (κ2) is 10.6. The van der Waals surface area contributed by atoms with E-state index in [1.54, 1.807) is 0 Å². The molecule has 0 saturated heterocycles. The number of nitrogens with one attached hydrogen (secondary N) is 1. The van der Waals surface area contributed by atoms with Crippen LogP contribution in [-0.2, 0) is 11.2 Å². The van der Waals surface area contributed by atoms with Crippen LogP contribution in [-0.4, -0.2) is 27.7 Å². The predicted molar refractivity (Wildman–Crippen MR) is 133 cm³/mol. The van der Waals surface area contributed by atoms with Gasteiger partial charge in [0, 0.05) is 22.0 Å². The standard InChI is InChI=1S/C26H24ClN3OS/c1-18(12-13-19-8-4-2-5-9-19)28-24(31)17-32-26-29-23-15-14-21(27)16-22(23)25(30-26)20-10-6-3-7-11-20/h2-11,14-16,18H,12-13,17H2,1H3,(H,28,31)/t18-/m0/s1. The Bertz CT molecular complexity index is 1200. The lowest BCUT2D eigenvalue weighted by molar-refractivity contribution is -0.119. The highest BCUT2D eigenvalue weighted by Gasteiger charge is 2.13. The molecule has 4 nitrogen and oxygen atoms in total. The number of hydrogen-bond acceptors (Lipinski definition) is 4. The molecule has 1 N–H and O–H groups in total. The van der Waals surface area contributed by atoms with Crippen molar-refractivity contribution in [1.29, 1.82) is 0 Å². The van der Waals surface area contributed by atoms with E-state index in [0.717, 1.165) is 35.0 Å². The molecule has 3 aromatic carbocycles. The van der Waals surface area contributed by atoms with Gasteiger partial charge in [-0.3, -0.25) is 4.79 Å². The van der Waals surface area contributed by atoms with Crippen LogP contribution < -0.4 is 5.32 Å². The zero-order valence-corrected chi connectivity index (χ0v) is 19.4. The molecule has 0 radical (unpaired) electrons. The molecule has 4 aromatic rings. The van der Waals surface area contributed by atoms with Crippen LogP contribution in [0.4, 0.5) is 0 Å². The first-order valence-electron chi connectivity index (χ1n) is 10.6. The average molecular weight is 462 g/mol. The molecular formula is C26H24ClN3OS. The van der Waals surface area contributed by atoms with Crippen molar-refractivity contribution in [2.75, 3.05) is 5.75 Å². The fourth-order valence-corrected chi connectivity index (χ4v) is 4.34. The van der Waals surface area contributed by atoms with E-state index < -0.39 is 0 Å². The molecule has 0 bridgehead atoms. The molecule has 1 atom stereocenters. The van der Waals surface area contributed by atoms with Crippen LogP contribution in [0.5, 0.6) is 0 Å². The van der Waals surface area contributed by atoms with Gasteiger partial charge >= 0.3 is 0 Å². The van der Waals surface area contributed by atoms with Crippen LogP contribution in [0.25, 0.3) is 22.2 Å². The Morgan fingerprint density at radius 1 is 1.00 bits per heavy atom. The van der Waals surface area contributed by atoms with Crippen molar-refractivity contribution < 1.29 is 4.79 Å². The predicted octanol–water partition coefficient (Wildman–Crippen LogP) is 6.18. The molecule has 32 heavy (non-hydrogen) atoms. The van der Waals surface area contributed by atoms with E-state index in [1.165, 1.54) is 17.3 Å². The number of nitrogens with zero attached hydrogens (tertiary/aromatic N) is 2. The zero-order chi connectivity index (χ0) is 22.3. The van der Waals surface area contributed by atoms with Gasteiger partial charge in [-0.1, -0.05) is 84.0 Å². The molecule has 0 unspecified atom stereocenters. The lowest BCUT2D eigenvalue weighted by Crippen LogP contribution is -2.34. The number of aromatic nitrogens is 2. The van der Waals surface area contributed by atoms with E-state index in [1.807, 2.05) is 73.7 Å². The van der Waals surface area contributed by atoms with Crippen LogP contribution in [0.3, 0.4) is 0 Å². The summed E-state index contributed by atoms with van der Waals surface area (Å²) >= 11 is 7.57. The fourth-order valence-electron chi connectivity index (χ4n) is 3.51. The number of halogens is 1. The van der Waals surface area contributed by atoms with Gasteiger partial charge in [-0.2, -0.15) is 0 Å². The normalized spacial score (nSPS) is 11.9. The quantitative estimate of drug-likeness (QED) is 0.251. The topological polar surface area (TPSA) is 54.9 Å². The second-order valence-corrected chi connectivity index (χ2v) is 9.04. The van der Waals surface area contributed by atoms with Gasteiger partial charge < -0.3 is 5.32 Å². The molecule has 0 spiro atoms. The van der Waals surface area contributed by atoms with E-state index in [0.29, 0.717) is 10.2 Å². The third-order valence-corrected chi connectivity index (χ3v) is 6.22. The number of fused-ring (bicyclic) bond motifs is 1. The summed E-state index contributed by atoms with van der Waals surface area (Å²) in [5, 5.41) is 5.19. The number of aryl methyl sites for hydroxylation is 1. The summed E-state index contributed by atoms with van der Waals surface area (Å²) in [4.78, 5) is 21.9. The summed E-state index contributed by atoms with van der Waals surface area (Å²) in [7, 11) is 0. The Morgan fingerprint density at radius 2 is 1.72 bits per heavy atom. The molecule has 0 saturated carbocycles. The first kappa shape index (κ1) is 22.3. The number of rotatable bonds is 8. The van der Waals surface area contributed by atoms with Crippen molar-refractivity contribution in [3.05, 3.63) is 89.4 Å². The Morgan fingerprint density at radius 3 is 2.47 bits per heavy atom. The minimum atomic E-state index is -0.0170. The van der Waals surface area contributed by atoms with E-state index in [2.05, 4.69) is 22.4 Å². The maximum Gasteiger partial charge on any atom is 0.230 e. The molecule has 0 aliphatic carbocycles. The number of carbonyl (C=O) groups is 1. The first-order valence-corrected chi connectivity index (χ1v) is 11.9. The van der Waals surface area contributed by atoms with Gasteiger partial charge in [0.15, 0.2) is 5.16 Å². The monoisotopic (exact) mass is 461 g/mol. The largest absolute Gasteiger partial charge is 0.353 e. The number of carbonyl (C=O) groups excluding carboxylic acids is 1. The van der Waals surface area contributed by atoms with Crippen molar-refractivity contribution in [2.45, 2.75) is 31.0 Å². The van der Waals surface area contributed by atoms with E-state index in [4.69, 9.17) is 16.6 Å². The minimum Gasteiger partial charge on any atom is -0.353 e. The van der Waals surface area contributed by atoms with Crippen molar-refractivity contribution in [3.8, 4) is 11.3 Å². The molecule has 0 aliphatic heterocycles. The van der Waals surface area contributed by atoms with Crippen LogP contribution >= 0.6 is 23.4 Å². The van der Waals surface area contributed by atoms with Crippen LogP contribution in [0, 0.1) is 0 Å². The van der Waals surface area contributed by atoms with Crippen LogP contribution in [0.15, 0.2) is 84.0 Å². The molecular weight excluding hydrogens is 438 g/mol. The summed E-state index contributed by atoms with van der Waals surface area (Å²) < 4.78 is 0. The Balaban J connectivity index is 1.42. The van der Waals surface area contributed by atoms with Crippen LogP contribution in [0.2, 0.25) is 5.02 Å². The van der Waals surface area contributed by atoms with Crippen molar-refractivity contribution in [2.24, 2.45) is 0 Å². The second-order valence-electron chi connectivity index (χ2n) is 7.66. The Hall–Kier alpha value is -2.89. The number of benzene rings is 3. The Kier molecular flexibility index (Phi) is 7.40. The molecule has 0 aliphatic rings. The van der Waals surface area contributed by atoms with E-state index in [9.17, 15) is 4.79 Å². The third-order valence-electron chi connectivity index (χ3n) is 5.13. The lowest BCUT2D eigenvalue weighted by Gasteiger charge is -2.14. The molecule has 1 heterocycles. The average Bonchev–Trinajstić information content (AvgIpc) is 2.82. The Labute approximate surface area is 197 Å². The van der Waals surface area contributed by atoms with Gasteiger partial charge in [0.2, 0.25) is 5.91 Å². The summed E-state index contributed by atoms with van der Waals surface area (Å²) in [6, 6.07) is 26.0. The maximum absolute atomic E-state index is 12.5. The van der Waals surface area contributed by atoms with E-state index >= 15 is 0 Å². The number of thioether (sulfide) groups is 1. The first-order chi connectivity index (χ1) is 15.6. The summed E-state index contributed by atoms with van der Waals surface area (Å²) in [5.41, 5.74) is 3.89. The molecule has 6 heteroatoms. The smallest absolute Gasteiger partial charge is 0.230 e. The molecule has 4 rings (SSSR count). The molecule has 162 valence electrons. The summed E-state index contributed by atoms with van der Waals surface area (Å²) in [6.07, 6.45) is 1.83.